The van der Waals surface area contributed by atoms with Gasteiger partial charge in [0.15, 0.2) is 5.96 Å². The number of aliphatic hydroxyl groups excluding tert-OH is 1. The molecule has 1 unspecified atom stereocenters. The monoisotopic (exact) mass is 459 g/mol. The maximum atomic E-state index is 9.26. The minimum atomic E-state index is -0.0135. The molecule has 1 rings (SSSR count). The molecule has 0 radical (unpaired) electrons. The minimum Gasteiger partial charge on any atom is -0.396 e. The maximum Gasteiger partial charge on any atom is 0.191 e. The van der Waals surface area contributed by atoms with Crippen molar-refractivity contribution >= 4 is 29.9 Å². The molecule has 0 aromatic heterocycles. The molecular weight excluding hydrogens is 425 g/mol. The van der Waals surface area contributed by atoms with Crippen molar-refractivity contribution in [2.75, 3.05) is 66.4 Å². The van der Waals surface area contributed by atoms with Crippen LogP contribution in [0.25, 0.3) is 0 Å². The number of aliphatic imine (C=N–C) groups is 1. The third-order valence-corrected chi connectivity index (χ3v) is 3.93. The molecule has 0 saturated carbocycles. The highest BCUT2D eigenvalue weighted by Crippen LogP contribution is 2.32. The zero-order valence-electron chi connectivity index (χ0n) is 15.0. The van der Waals surface area contributed by atoms with E-state index in [0.717, 1.165) is 44.9 Å². The number of ether oxygens (including phenoxy) is 3. The van der Waals surface area contributed by atoms with Crippen LogP contribution in [0.15, 0.2) is 4.99 Å². The van der Waals surface area contributed by atoms with Gasteiger partial charge in [0.25, 0.3) is 0 Å². The Kier molecular flexibility index (Phi) is 15.0. The zero-order chi connectivity index (χ0) is 16.8. The van der Waals surface area contributed by atoms with Crippen molar-refractivity contribution in [1.29, 1.82) is 0 Å². The van der Waals surface area contributed by atoms with Gasteiger partial charge in [0.05, 0.1) is 26.4 Å². The van der Waals surface area contributed by atoms with Crippen LogP contribution in [0.1, 0.15) is 26.2 Å². The summed E-state index contributed by atoms with van der Waals surface area (Å²) in [6.07, 6.45) is 2.62. The van der Waals surface area contributed by atoms with Crippen molar-refractivity contribution in [2.45, 2.75) is 26.2 Å². The lowest BCUT2D eigenvalue weighted by Crippen LogP contribution is -2.39. The number of nitrogens with zero attached hydrogens (tertiary/aromatic N) is 1. The normalized spacial score (nSPS) is 20.7. The summed E-state index contributed by atoms with van der Waals surface area (Å²) in [5, 5.41) is 15.8. The second-order valence-corrected chi connectivity index (χ2v) is 5.86. The number of aliphatic hydroxyl groups is 1. The van der Waals surface area contributed by atoms with Crippen molar-refractivity contribution in [3.63, 3.8) is 0 Å². The molecule has 1 fully saturated rings. The van der Waals surface area contributed by atoms with Crippen molar-refractivity contribution in [2.24, 2.45) is 10.4 Å². The number of methoxy groups -OCH3 is 1. The molecule has 1 aliphatic rings. The molecule has 0 aliphatic carbocycles. The van der Waals surface area contributed by atoms with Crippen molar-refractivity contribution in [1.82, 2.24) is 10.6 Å². The first-order valence-electron chi connectivity index (χ1n) is 8.54. The van der Waals surface area contributed by atoms with E-state index in [1.54, 1.807) is 7.11 Å². The van der Waals surface area contributed by atoms with Gasteiger partial charge in [-0.3, -0.25) is 4.99 Å². The summed E-state index contributed by atoms with van der Waals surface area (Å²) in [6.45, 7) is 7.95. The third kappa shape index (κ3) is 9.97. The first kappa shape index (κ1) is 23.8. The number of rotatable bonds is 12. The summed E-state index contributed by atoms with van der Waals surface area (Å²) >= 11 is 0. The number of nitrogens with one attached hydrogen (secondary N) is 2. The molecule has 7 nitrogen and oxygen atoms in total. The molecule has 0 aromatic carbocycles. The molecule has 0 bridgehead atoms. The minimum absolute atomic E-state index is 0. The van der Waals surface area contributed by atoms with Crippen LogP contribution in [0.4, 0.5) is 0 Å². The van der Waals surface area contributed by atoms with Crippen LogP contribution in [0.3, 0.4) is 0 Å². The Morgan fingerprint density at radius 3 is 2.75 bits per heavy atom. The van der Waals surface area contributed by atoms with Crippen molar-refractivity contribution in [3.05, 3.63) is 0 Å². The van der Waals surface area contributed by atoms with Crippen LogP contribution in [-0.2, 0) is 14.2 Å². The van der Waals surface area contributed by atoms with E-state index in [-0.39, 0.29) is 36.0 Å². The number of hydrogen-bond donors (Lipinski definition) is 3. The lowest BCUT2D eigenvalue weighted by atomic mass is 9.84. The summed E-state index contributed by atoms with van der Waals surface area (Å²) in [4.78, 5) is 4.68. The second kappa shape index (κ2) is 15.1. The van der Waals surface area contributed by atoms with E-state index in [9.17, 15) is 5.11 Å². The molecule has 0 aromatic rings. The molecule has 1 atom stereocenters. The van der Waals surface area contributed by atoms with E-state index < -0.39 is 0 Å². The Balaban J connectivity index is 0.00000529. The first-order chi connectivity index (χ1) is 11.3. The SMILES string of the molecule is CCNC(=NCC1(CCO)CCOC1)NCCCOCCOC.I. The molecule has 1 heterocycles. The molecular formula is C16H34IN3O4. The van der Waals surface area contributed by atoms with Gasteiger partial charge in [-0.2, -0.15) is 0 Å². The van der Waals surface area contributed by atoms with Crippen LogP contribution in [0.5, 0.6) is 0 Å². The Bertz CT molecular complexity index is 326. The van der Waals surface area contributed by atoms with Crippen LogP contribution in [0.2, 0.25) is 0 Å². The van der Waals surface area contributed by atoms with E-state index >= 15 is 0 Å². The van der Waals surface area contributed by atoms with Gasteiger partial charge in [0.2, 0.25) is 0 Å². The van der Waals surface area contributed by atoms with Crippen molar-refractivity contribution in [3.8, 4) is 0 Å². The Morgan fingerprint density at radius 1 is 1.29 bits per heavy atom. The van der Waals surface area contributed by atoms with Crippen LogP contribution in [-0.4, -0.2) is 77.5 Å². The molecule has 24 heavy (non-hydrogen) atoms. The third-order valence-electron chi connectivity index (χ3n) is 3.93. The van der Waals surface area contributed by atoms with Gasteiger partial charge in [0.1, 0.15) is 0 Å². The van der Waals surface area contributed by atoms with E-state index in [1.807, 2.05) is 6.92 Å². The molecule has 1 saturated heterocycles. The van der Waals surface area contributed by atoms with Gasteiger partial charge >= 0.3 is 0 Å². The van der Waals surface area contributed by atoms with Crippen molar-refractivity contribution < 1.29 is 19.3 Å². The highest BCUT2D eigenvalue weighted by Gasteiger charge is 2.34. The van der Waals surface area contributed by atoms with E-state index in [4.69, 9.17) is 14.2 Å². The van der Waals surface area contributed by atoms with Gasteiger partial charge < -0.3 is 30.0 Å². The van der Waals surface area contributed by atoms with Gasteiger partial charge in [-0.05, 0) is 26.2 Å². The van der Waals surface area contributed by atoms with E-state index in [2.05, 4.69) is 15.6 Å². The maximum absolute atomic E-state index is 9.26. The van der Waals surface area contributed by atoms with Crippen LogP contribution < -0.4 is 10.6 Å². The number of guanidine groups is 1. The zero-order valence-corrected chi connectivity index (χ0v) is 17.3. The summed E-state index contributed by atoms with van der Waals surface area (Å²) < 4.78 is 15.9. The lowest BCUT2D eigenvalue weighted by molar-refractivity contribution is 0.0698. The summed E-state index contributed by atoms with van der Waals surface area (Å²) in [5.41, 5.74) is -0.0135. The first-order valence-corrected chi connectivity index (χ1v) is 8.54. The van der Waals surface area contributed by atoms with E-state index in [0.29, 0.717) is 33.0 Å². The average Bonchev–Trinajstić information content (AvgIpc) is 3.01. The molecule has 8 heteroatoms. The van der Waals surface area contributed by atoms with Gasteiger partial charge in [-0.15, -0.1) is 24.0 Å². The second-order valence-electron chi connectivity index (χ2n) is 5.86. The Morgan fingerprint density at radius 2 is 2.12 bits per heavy atom. The fourth-order valence-electron chi connectivity index (χ4n) is 2.50. The standard InChI is InChI=1S/C16H33N3O4.HI/c1-3-17-15(18-7-4-9-22-12-11-21-2)19-13-16(5-8-20)6-10-23-14-16;/h20H,3-14H2,1-2H3,(H2,17,18,19);1H. The molecule has 0 spiro atoms. The summed E-state index contributed by atoms with van der Waals surface area (Å²) in [5.74, 6) is 0.814. The Labute approximate surface area is 162 Å². The quantitative estimate of drug-likeness (QED) is 0.175. The smallest absolute Gasteiger partial charge is 0.191 e. The van der Waals surface area contributed by atoms with Gasteiger partial charge in [0, 0.05) is 45.4 Å². The average molecular weight is 459 g/mol. The molecule has 0 amide bonds. The topological polar surface area (TPSA) is 84.3 Å². The highest BCUT2D eigenvalue weighted by atomic mass is 127. The van der Waals surface area contributed by atoms with Crippen LogP contribution >= 0.6 is 24.0 Å². The van der Waals surface area contributed by atoms with Gasteiger partial charge in [-0.1, -0.05) is 0 Å². The predicted molar refractivity (Wildman–Crippen MR) is 106 cm³/mol. The molecule has 3 N–H and O–H groups in total. The summed E-state index contributed by atoms with van der Waals surface area (Å²) in [6, 6.07) is 0. The van der Waals surface area contributed by atoms with E-state index in [1.165, 1.54) is 0 Å². The lowest BCUT2D eigenvalue weighted by Gasteiger charge is -2.24. The largest absolute Gasteiger partial charge is 0.396 e. The Hall–Kier alpha value is -0.160. The van der Waals surface area contributed by atoms with Crippen LogP contribution in [0, 0.1) is 5.41 Å². The number of halogens is 1. The highest BCUT2D eigenvalue weighted by molar-refractivity contribution is 14.0. The fourth-order valence-corrected chi connectivity index (χ4v) is 2.50. The molecule has 144 valence electrons. The number of hydrogen-bond acceptors (Lipinski definition) is 5. The predicted octanol–water partition coefficient (Wildman–Crippen LogP) is 1.00. The molecule has 1 aliphatic heterocycles. The summed E-state index contributed by atoms with van der Waals surface area (Å²) in [7, 11) is 1.67. The fraction of sp³-hybridized carbons (Fsp3) is 0.938. The van der Waals surface area contributed by atoms with Gasteiger partial charge in [-0.25, -0.2) is 0 Å².